The lowest BCUT2D eigenvalue weighted by Gasteiger charge is -2.06. The van der Waals surface area contributed by atoms with Gasteiger partial charge in [-0.15, -0.1) is 0 Å². The van der Waals surface area contributed by atoms with Gasteiger partial charge in [-0.25, -0.2) is 0 Å². The molecular weight excluding hydrogens is 174 g/mol. The molecule has 0 atom stereocenters. The van der Waals surface area contributed by atoms with Crippen LogP contribution in [0.1, 0.15) is 30.7 Å². The molecule has 1 aliphatic rings. The van der Waals surface area contributed by atoms with Crippen LogP contribution >= 0.6 is 0 Å². The van der Waals surface area contributed by atoms with Crippen molar-refractivity contribution in [2.24, 2.45) is 5.73 Å². The highest BCUT2D eigenvalue weighted by molar-refractivity contribution is 5.32. The number of ether oxygens (including phenoxy) is 1. The third kappa shape index (κ3) is 2.48. The molecule has 0 saturated heterocycles. The molecule has 0 unspecified atom stereocenters. The quantitative estimate of drug-likeness (QED) is 0.725. The predicted molar refractivity (Wildman–Crippen MR) is 57.6 cm³/mol. The van der Waals surface area contributed by atoms with Crippen molar-refractivity contribution in [2.45, 2.75) is 25.2 Å². The summed E-state index contributed by atoms with van der Waals surface area (Å²) in [6.45, 7) is 1.42. The molecule has 1 saturated carbocycles. The zero-order valence-electron chi connectivity index (χ0n) is 8.41. The Bertz CT molecular complexity index is 294. The second-order valence-corrected chi connectivity index (χ2v) is 3.84. The molecule has 0 aromatic heterocycles. The smallest absolute Gasteiger partial charge is 0.119 e. The first kappa shape index (κ1) is 9.53. The van der Waals surface area contributed by atoms with Crippen LogP contribution in [0.5, 0.6) is 5.75 Å². The molecule has 0 radical (unpaired) electrons. The molecule has 0 aliphatic heterocycles. The van der Waals surface area contributed by atoms with Crippen LogP contribution in [-0.2, 0) is 0 Å². The van der Waals surface area contributed by atoms with E-state index in [1.54, 1.807) is 0 Å². The molecule has 0 spiro atoms. The molecule has 1 fully saturated rings. The third-order valence-electron chi connectivity index (χ3n) is 2.52. The van der Waals surface area contributed by atoms with Crippen LogP contribution < -0.4 is 10.5 Å². The van der Waals surface area contributed by atoms with E-state index in [0.29, 0.717) is 6.54 Å². The van der Waals surface area contributed by atoms with Crippen LogP contribution in [0, 0.1) is 0 Å². The Morgan fingerprint density at radius 3 is 2.93 bits per heavy atom. The molecule has 2 rings (SSSR count). The molecule has 0 amide bonds. The van der Waals surface area contributed by atoms with Gasteiger partial charge in [-0.2, -0.15) is 0 Å². The van der Waals surface area contributed by atoms with Crippen molar-refractivity contribution in [3.05, 3.63) is 29.8 Å². The Morgan fingerprint density at radius 1 is 1.36 bits per heavy atom. The first-order valence-corrected chi connectivity index (χ1v) is 5.33. The lowest BCUT2D eigenvalue weighted by molar-refractivity contribution is 0.313. The van der Waals surface area contributed by atoms with Crippen molar-refractivity contribution in [2.75, 3.05) is 13.2 Å². The van der Waals surface area contributed by atoms with E-state index < -0.39 is 0 Å². The van der Waals surface area contributed by atoms with Gasteiger partial charge >= 0.3 is 0 Å². The van der Waals surface area contributed by atoms with E-state index in [1.807, 2.05) is 6.07 Å². The van der Waals surface area contributed by atoms with Gasteiger partial charge in [-0.05, 0) is 49.4 Å². The average molecular weight is 191 g/mol. The minimum atomic E-state index is 0.697. The maximum absolute atomic E-state index is 5.58. The molecule has 0 bridgehead atoms. The number of hydrogen-bond acceptors (Lipinski definition) is 2. The van der Waals surface area contributed by atoms with Crippen molar-refractivity contribution in [3.63, 3.8) is 0 Å². The highest BCUT2D eigenvalue weighted by Crippen LogP contribution is 2.40. The summed E-state index contributed by atoms with van der Waals surface area (Å²) in [7, 11) is 0. The van der Waals surface area contributed by atoms with Gasteiger partial charge in [0.25, 0.3) is 0 Å². The van der Waals surface area contributed by atoms with E-state index in [4.69, 9.17) is 10.5 Å². The van der Waals surface area contributed by atoms with Gasteiger partial charge in [0.2, 0.25) is 0 Å². The standard InChI is InChI=1S/C12H17NO/c13-7-2-8-14-12-4-1-3-11(9-12)10-5-6-10/h1,3-4,9-10H,2,5-8,13H2. The molecule has 0 heterocycles. The van der Waals surface area contributed by atoms with Crippen molar-refractivity contribution in [1.29, 1.82) is 0 Å². The SMILES string of the molecule is NCCCOc1cccc(C2CC2)c1. The van der Waals surface area contributed by atoms with Crippen LogP contribution in [0.4, 0.5) is 0 Å². The Kier molecular flexibility index (Phi) is 3.04. The van der Waals surface area contributed by atoms with Crippen LogP contribution in [0.3, 0.4) is 0 Å². The molecule has 1 aromatic rings. The molecule has 2 nitrogen and oxygen atoms in total. The first-order chi connectivity index (χ1) is 6.90. The second-order valence-electron chi connectivity index (χ2n) is 3.84. The average Bonchev–Trinajstić information content (AvgIpc) is 3.02. The summed E-state index contributed by atoms with van der Waals surface area (Å²) in [6.07, 6.45) is 3.60. The number of benzene rings is 1. The Morgan fingerprint density at radius 2 is 2.21 bits per heavy atom. The van der Waals surface area contributed by atoms with Crippen LogP contribution in [0.25, 0.3) is 0 Å². The fourth-order valence-electron chi connectivity index (χ4n) is 1.55. The predicted octanol–water partition coefficient (Wildman–Crippen LogP) is 2.29. The minimum Gasteiger partial charge on any atom is -0.494 e. The van der Waals surface area contributed by atoms with Crippen LogP contribution in [-0.4, -0.2) is 13.2 Å². The summed E-state index contributed by atoms with van der Waals surface area (Å²) >= 11 is 0. The van der Waals surface area contributed by atoms with Crippen molar-refractivity contribution >= 4 is 0 Å². The molecule has 2 N–H and O–H groups in total. The number of rotatable bonds is 5. The van der Waals surface area contributed by atoms with Crippen LogP contribution in [0.2, 0.25) is 0 Å². The van der Waals surface area contributed by atoms with Crippen molar-refractivity contribution < 1.29 is 4.74 Å². The topological polar surface area (TPSA) is 35.2 Å². The Hall–Kier alpha value is -1.02. The number of hydrogen-bond donors (Lipinski definition) is 1. The monoisotopic (exact) mass is 191 g/mol. The zero-order valence-corrected chi connectivity index (χ0v) is 8.41. The van der Waals surface area contributed by atoms with E-state index in [-0.39, 0.29) is 0 Å². The first-order valence-electron chi connectivity index (χ1n) is 5.33. The van der Waals surface area contributed by atoms with Gasteiger partial charge in [-0.1, -0.05) is 12.1 Å². The van der Waals surface area contributed by atoms with Crippen molar-refractivity contribution in [3.8, 4) is 5.75 Å². The van der Waals surface area contributed by atoms with Gasteiger partial charge in [0.1, 0.15) is 5.75 Å². The molecule has 14 heavy (non-hydrogen) atoms. The Labute approximate surface area is 85.1 Å². The summed E-state index contributed by atoms with van der Waals surface area (Å²) in [5, 5.41) is 0. The zero-order chi connectivity index (χ0) is 9.80. The lowest BCUT2D eigenvalue weighted by Crippen LogP contribution is -2.06. The summed E-state index contributed by atoms with van der Waals surface area (Å²) in [6, 6.07) is 8.44. The van der Waals surface area contributed by atoms with Crippen molar-refractivity contribution in [1.82, 2.24) is 0 Å². The van der Waals surface area contributed by atoms with E-state index in [2.05, 4.69) is 18.2 Å². The van der Waals surface area contributed by atoms with E-state index in [0.717, 1.165) is 24.7 Å². The van der Waals surface area contributed by atoms with E-state index >= 15 is 0 Å². The van der Waals surface area contributed by atoms with Gasteiger partial charge in [0.15, 0.2) is 0 Å². The van der Waals surface area contributed by atoms with Crippen LogP contribution in [0.15, 0.2) is 24.3 Å². The van der Waals surface area contributed by atoms with E-state index in [1.165, 1.54) is 18.4 Å². The summed E-state index contributed by atoms with van der Waals surface area (Å²) in [5.74, 6) is 1.79. The second kappa shape index (κ2) is 4.47. The molecule has 1 aliphatic carbocycles. The minimum absolute atomic E-state index is 0.697. The normalized spacial score (nSPS) is 15.5. The Balaban J connectivity index is 1.92. The summed E-state index contributed by atoms with van der Waals surface area (Å²) in [5.41, 5.74) is 6.83. The van der Waals surface area contributed by atoms with Gasteiger partial charge < -0.3 is 10.5 Å². The fraction of sp³-hybridized carbons (Fsp3) is 0.500. The molecule has 76 valence electrons. The van der Waals surface area contributed by atoms with Gasteiger partial charge in [0.05, 0.1) is 6.61 Å². The fourth-order valence-corrected chi connectivity index (χ4v) is 1.55. The van der Waals surface area contributed by atoms with Gasteiger partial charge in [-0.3, -0.25) is 0 Å². The third-order valence-corrected chi connectivity index (χ3v) is 2.52. The molecular formula is C12H17NO. The molecule has 1 aromatic carbocycles. The number of nitrogens with two attached hydrogens (primary N) is 1. The van der Waals surface area contributed by atoms with Gasteiger partial charge in [0, 0.05) is 0 Å². The lowest BCUT2D eigenvalue weighted by atomic mass is 10.1. The van der Waals surface area contributed by atoms with E-state index in [9.17, 15) is 0 Å². The summed E-state index contributed by atoms with van der Waals surface area (Å²) in [4.78, 5) is 0. The maximum atomic E-state index is 5.58. The highest BCUT2D eigenvalue weighted by atomic mass is 16.5. The maximum Gasteiger partial charge on any atom is 0.119 e. The largest absolute Gasteiger partial charge is 0.494 e. The highest BCUT2D eigenvalue weighted by Gasteiger charge is 2.23. The molecule has 2 heteroatoms. The summed E-state index contributed by atoms with van der Waals surface area (Å²) < 4.78 is 5.58.